The summed E-state index contributed by atoms with van der Waals surface area (Å²) < 4.78 is 5.68. The normalized spacial score (nSPS) is 28.3. The number of morpholine rings is 1. The van der Waals surface area contributed by atoms with E-state index in [1.807, 2.05) is 49.9 Å². The lowest BCUT2D eigenvalue weighted by atomic mass is 10.1. The van der Waals surface area contributed by atoms with E-state index in [4.69, 9.17) is 4.74 Å². The van der Waals surface area contributed by atoms with E-state index in [0.29, 0.717) is 26.1 Å². The number of rotatable bonds is 2. The number of amides is 2. The molecule has 0 N–H and O–H groups in total. The third-order valence-electron chi connectivity index (χ3n) is 4.55. The Balaban J connectivity index is 1.69. The van der Waals surface area contributed by atoms with Gasteiger partial charge in [0, 0.05) is 31.7 Å². The van der Waals surface area contributed by atoms with Crippen LogP contribution in [0.3, 0.4) is 0 Å². The van der Waals surface area contributed by atoms with Gasteiger partial charge in [-0.3, -0.25) is 9.59 Å². The van der Waals surface area contributed by atoms with E-state index in [-0.39, 0.29) is 29.9 Å². The second-order valence-electron chi connectivity index (χ2n) is 6.74. The molecule has 0 radical (unpaired) electrons. The third kappa shape index (κ3) is 3.39. The van der Waals surface area contributed by atoms with Gasteiger partial charge in [-0.2, -0.15) is 0 Å². The molecule has 0 aromatic heterocycles. The zero-order valence-corrected chi connectivity index (χ0v) is 14.0. The van der Waals surface area contributed by atoms with Crippen molar-refractivity contribution in [2.45, 2.75) is 39.4 Å². The average Bonchev–Trinajstić information content (AvgIpc) is 2.88. The molecule has 0 saturated carbocycles. The van der Waals surface area contributed by atoms with Crippen molar-refractivity contribution in [3.8, 4) is 0 Å². The van der Waals surface area contributed by atoms with Crippen LogP contribution < -0.4 is 4.90 Å². The summed E-state index contributed by atoms with van der Waals surface area (Å²) in [5.74, 6) is -0.141. The number of anilines is 1. The van der Waals surface area contributed by atoms with Crippen molar-refractivity contribution in [3.63, 3.8) is 0 Å². The SMILES string of the molecule is Cc1ccc(N2C[C@H](C(=O)N3C[C@@H](C)O[C@@H](C)C3)CC2=O)cc1. The minimum Gasteiger partial charge on any atom is -0.372 e. The lowest BCUT2D eigenvalue weighted by molar-refractivity contribution is -0.147. The third-order valence-corrected chi connectivity index (χ3v) is 4.55. The number of nitrogens with zero attached hydrogens (tertiary/aromatic N) is 2. The lowest BCUT2D eigenvalue weighted by Gasteiger charge is -2.36. The highest BCUT2D eigenvalue weighted by Gasteiger charge is 2.38. The van der Waals surface area contributed by atoms with Gasteiger partial charge < -0.3 is 14.5 Å². The molecule has 2 amide bonds. The molecule has 2 heterocycles. The van der Waals surface area contributed by atoms with Crippen LogP contribution in [0.4, 0.5) is 5.69 Å². The summed E-state index contributed by atoms with van der Waals surface area (Å²) >= 11 is 0. The van der Waals surface area contributed by atoms with E-state index in [2.05, 4.69) is 0 Å². The van der Waals surface area contributed by atoms with Crippen LogP contribution in [0.25, 0.3) is 0 Å². The fraction of sp³-hybridized carbons (Fsp3) is 0.556. The summed E-state index contributed by atoms with van der Waals surface area (Å²) in [5.41, 5.74) is 2.03. The summed E-state index contributed by atoms with van der Waals surface area (Å²) in [6.45, 7) is 7.67. The summed E-state index contributed by atoms with van der Waals surface area (Å²) in [6, 6.07) is 7.87. The largest absolute Gasteiger partial charge is 0.372 e. The van der Waals surface area contributed by atoms with Crippen LogP contribution in [0.5, 0.6) is 0 Å². The van der Waals surface area contributed by atoms with E-state index in [9.17, 15) is 9.59 Å². The summed E-state index contributed by atoms with van der Waals surface area (Å²) in [6.07, 6.45) is 0.397. The molecule has 0 spiro atoms. The smallest absolute Gasteiger partial charge is 0.228 e. The number of benzene rings is 1. The molecule has 1 aromatic rings. The lowest BCUT2D eigenvalue weighted by Crippen LogP contribution is -2.50. The minimum absolute atomic E-state index is 0.0292. The van der Waals surface area contributed by atoms with E-state index in [1.54, 1.807) is 4.90 Å². The maximum Gasteiger partial charge on any atom is 0.228 e. The molecule has 0 bridgehead atoms. The number of carbonyl (C=O) groups is 2. The Labute approximate surface area is 137 Å². The first-order valence-corrected chi connectivity index (χ1v) is 8.25. The molecular weight excluding hydrogens is 292 g/mol. The first kappa shape index (κ1) is 16.0. The molecule has 2 fully saturated rings. The first-order chi connectivity index (χ1) is 10.9. The number of ether oxygens (including phenoxy) is 1. The van der Waals surface area contributed by atoms with Crippen molar-refractivity contribution >= 4 is 17.5 Å². The maximum atomic E-state index is 12.8. The number of hydrogen-bond acceptors (Lipinski definition) is 3. The van der Waals surface area contributed by atoms with E-state index in [0.717, 1.165) is 11.3 Å². The predicted molar refractivity (Wildman–Crippen MR) is 88.2 cm³/mol. The van der Waals surface area contributed by atoms with Crippen LogP contribution >= 0.6 is 0 Å². The van der Waals surface area contributed by atoms with Gasteiger partial charge in [0.05, 0.1) is 18.1 Å². The highest BCUT2D eigenvalue weighted by molar-refractivity contribution is 6.00. The second-order valence-corrected chi connectivity index (χ2v) is 6.74. The molecule has 5 nitrogen and oxygen atoms in total. The van der Waals surface area contributed by atoms with E-state index < -0.39 is 0 Å². The van der Waals surface area contributed by atoms with Gasteiger partial charge in [-0.05, 0) is 32.9 Å². The topological polar surface area (TPSA) is 49.9 Å². The second kappa shape index (κ2) is 6.32. The fourth-order valence-electron chi connectivity index (χ4n) is 3.46. The molecule has 2 aliphatic rings. The first-order valence-electron chi connectivity index (χ1n) is 8.25. The molecule has 23 heavy (non-hydrogen) atoms. The number of hydrogen-bond donors (Lipinski definition) is 0. The van der Waals surface area contributed by atoms with Crippen molar-refractivity contribution in [2.24, 2.45) is 5.92 Å². The van der Waals surface area contributed by atoms with Crippen molar-refractivity contribution in [3.05, 3.63) is 29.8 Å². The van der Waals surface area contributed by atoms with E-state index in [1.165, 1.54) is 0 Å². The van der Waals surface area contributed by atoms with Crippen molar-refractivity contribution in [1.29, 1.82) is 0 Å². The Bertz CT molecular complexity index is 589. The standard InChI is InChI=1S/C18H24N2O3/c1-12-4-6-16(7-5-12)20-11-15(8-17(20)21)18(22)19-9-13(2)23-14(3)10-19/h4-7,13-15H,8-11H2,1-3H3/t13-,14+,15-/m1/s1. The minimum atomic E-state index is -0.249. The monoisotopic (exact) mass is 316 g/mol. The molecule has 0 unspecified atom stereocenters. The summed E-state index contributed by atoms with van der Waals surface area (Å²) in [5, 5.41) is 0. The maximum absolute atomic E-state index is 12.8. The molecular formula is C18H24N2O3. The van der Waals surface area contributed by atoms with Crippen LogP contribution in [0, 0.1) is 12.8 Å². The van der Waals surface area contributed by atoms with Gasteiger partial charge in [-0.1, -0.05) is 17.7 Å². The van der Waals surface area contributed by atoms with Gasteiger partial charge in [-0.15, -0.1) is 0 Å². The molecule has 3 atom stereocenters. The predicted octanol–water partition coefficient (Wildman–Crippen LogP) is 1.98. The van der Waals surface area contributed by atoms with Gasteiger partial charge in [0.25, 0.3) is 0 Å². The van der Waals surface area contributed by atoms with E-state index >= 15 is 0 Å². The van der Waals surface area contributed by atoms with Crippen LogP contribution in [-0.2, 0) is 14.3 Å². The summed E-state index contributed by atoms with van der Waals surface area (Å²) in [7, 11) is 0. The fourth-order valence-corrected chi connectivity index (χ4v) is 3.46. The summed E-state index contributed by atoms with van der Waals surface area (Å²) in [4.78, 5) is 28.7. The van der Waals surface area contributed by atoms with Crippen molar-refractivity contribution in [1.82, 2.24) is 4.90 Å². The highest BCUT2D eigenvalue weighted by atomic mass is 16.5. The van der Waals surface area contributed by atoms with Gasteiger partial charge in [-0.25, -0.2) is 0 Å². The van der Waals surface area contributed by atoms with Gasteiger partial charge in [0.2, 0.25) is 11.8 Å². The van der Waals surface area contributed by atoms with Gasteiger partial charge in [0.15, 0.2) is 0 Å². The number of aryl methyl sites for hydroxylation is 1. The van der Waals surface area contributed by atoms with Crippen LogP contribution in [0.2, 0.25) is 0 Å². The van der Waals surface area contributed by atoms with Crippen molar-refractivity contribution in [2.75, 3.05) is 24.5 Å². The zero-order valence-electron chi connectivity index (χ0n) is 14.0. The Hall–Kier alpha value is -1.88. The van der Waals surface area contributed by atoms with Gasteiger partial charge >= 0.3 is 0 Å². The molecule has 3 rings (SSSR count). The molecule has 2 saturated heterocycles. The Morgan fingerprint density at radius 3 is 2.30 bits per heavy atom. The average molecular weight is 316 g/mol. The van der Waals surface area contributed by atoms with Crippen LogP contribution in [-0.4, -0.2) is 48.6 Å². The Morgan fingerprint density at radius 1 is 1.09 bits per heavy atom. The molecule has 2 aliphatic heterocycles. The molecule has 124 valence electrons. The highest BCUT2D eigenvalue weighted by Crippen LogP contribution is 2.27. The van der Waals surface area contributed by atoms with Crippen LogP contribution in [0.1, 0.15) is 25.8 Å². The Morgan fingerprint density at radius 2 is 1.70 bits per heavy atom. The molecule has 5 heteroatoms. The zero-order chi connectivity index (χ0) is 16.6. The van der Waals surface area contributed by atoms with Crippen LogP contribution in [0.15, 0.2) is 24.3 Å². The van der Waals surface area contributed by atoms with Crippen molar-refractivity contribution < 1.29 is 14.3 Å². The quantitative estimate of drug-likeness (QED) is 0.838. The van der Waals surface area contributed by atoms with Gasteiger partial charge in [0.1, 0.15) is 0 Å². The molecule has 0 aliphatic carbocycles. The number of carbonyl (C=O) groups excluding carboxylic acids is 2. The molecule has 1 aromatic carbocycles. The Kier molecular flexibility index (Phi) is 4.39.